The summed E-state index contributed by atoms with van der Waals surface area (Å²) in [5, 5.41) is 11.0. The fraction of sp³-hybridized carbons (Fsp3) is 0. The van der Waals surface area contributed by atoms with E-state index in [9.17, 15) is 0 Å². The molecule has 10 aromatic carbocycles. The third-order valence-electron chi connectivity index (χ3n) is 11.8. The van der Waals surface area contributed by atoms with Crippen LogP contribution >= 0.6 is 0 Å². The van der Waals surface area contributed by atoms with Gasteiger partial charge in [0.25, 0.3) is 0 Å². The summed E-state index contributed by atoms with van der Waals surface area (Å²) in [7, 11) is 0. The Hall–Kier alpha value is -8.08. The molecule has 2 heterocycles. The summed E-state index contributed by atoms with van der Waals surface area (Å²) >= 11 is 0. The van der Waals surface area contributed by atoms with Gasteiger partial charge < -0.3 is 0 Å². The van der Waals surface area contributed by atoms with E-state index in [1.807, 2.05) is 36.4 Å². The van der Waals surface area contributed by atoms with Crippen molar-refractivity contribution in [1.29, 1.82) is 0 Å². The lowest BCUT2D eigenvalue weighted by Gasteiger charge is -2.17. The number of benzene rings is 10. The number of hydrogen-bond donors (Lipinski definition) is 0. The summed E-state index contributed by atoms with van der Waals surface area (Å²) in [5.74, 6) is 1.88. The summed E-state index contributed by atoms with van der Waals surface area (Å²) in [4.78, 5) is 20.6. The Bertz CT molecular complexity index is 3520. The first-order chi connectivity index (χ1) is 29.7. The number of fused-ring (bicyclic) bond motifs is 3. The molecular formula is C56H34N4. The van der Waals surface area contributed by atoms with Crippen LogP contribution in [0.3, 0.4) is 0 Å². The van der Waals surface area contributed by atoms with E-state index in [0.717, 1.165) is 60.9 Å². The van der Waals surface area contributed by atoms with E-state index in [0.29, 0.717) is 17.5 Å². The van der Waals surface area contributed by atoms with Gasteiger partial charge in [-0.25, -0.2) is 19.9 Å². The predicted molar refractivity (Wildman–Crippen MR) is 249 cm³/mol. The number of nitrogens with zero attached hydrogens (tertiary/aromatic N) is 4. The average Bonchev–Trinajstić information content (AvgIpc) is 3.33. The zero-order valence-corrected chi connectivity index (χ0v) is 32.4. The second kappa shape index (κ2) is 13.8. The standard InChI is InChI=1S/C56H34N4/c1-3-13-39(14-4-1)54-58-55(40-15-5-2-6-16-40)60-56(59-54)44-32-42(31-43(33-44)49-34-41-19-11-17-36-27-28-37-18-12-23-47(49)52(37)51(36)41)35-25-29-38(30-26-35)53-48-22-8-7-20-45(48)46-21-9-10-24-50(46)57-53/h1-34H. The smallest absolute Gasteiger partial charge is 0.164 e. The molecule has 12 aromatic rings. The van der Waals surface area contributed by atoms with Gasteiger partial charge in [0.2, 0.25) is 0 Å². The lowest BCUT2D eigenvalue weighted by molar-refractivity contribution is 1.07. The topological polar surface area (TPSA) is 51.6 Å². The highest BCUT2D eigenvalue weighted by Crippen LogP contribution is 2.43. The first kappa shape index (κ1) is 34.0. The first-order valence-electron chi connectivity index (χ1n) is 20.3. The van der Waals surface area contributed by atoms with Crippen LogP contribution in [0, 0.1) is 0 Å². The Morgan fingerprint density at radius 3 is 1.48 bits per heavy atom. The van der Waals surface area contributed by atoms with Gasteiger partial charge in [0.15, 0.2) is 17.5 Å². The minimum Gasteiger partial charge on any atom is -0.247 e. The van der Waals surface area contributed by atoms with Crippen LogP contribution in [-0.4, -0.2) is 19.9 Å². The van der Waals surface area contributed by atoms with Gasteiger partial charge in [-0.3, -0.25) is 0 Å². The van der Waals surface area contributed by atoms with Crippen molar-refractivity contribution in [3.8, 4) is 67.7 Å². The quantitative estimate of drug-likeness (QED) is 0.158. The highest BCUT2D eigenvalue weighted by atomic mass is 15.0. The van der Waals surface area contributed by atoms with E-state index in [4.69, 9.17) is 19.9 Å². The van der Waals surface area contributed by atoms with Crippen molar-refractivity contribution >= 4 is 54.0 Å². The van der Waals surface area contributed by atoms with Crippen molar-refractivity contribution in [3.05, 3.63) is 206 Å². The second-order valence-electron chi connectivity index (χ2n) is 15.4. The van der Waals surface area contributed by atoms with Crippen LogP contribution in [0.1, 0.15) is 0 Å². The van der Waals surface area contributed by atoms with Crippen molar-refractivity contribution in [2.24, 2.45) is 0 Å². The Balaban J connectivity index is 1.08. The first-order valence-corrected chi connectivity index (χ1v) is 20.3. The van der Waals surface area contributed by atoms with E-state index >= 15 is 0 Å². The molecule has 0 radical (unpaired) electrons. The van der Waals surface area contributed by atoms with Crippen LogP contribution < -0.4 is 0 Å². The van der Waals surface area contributed by atoms with Crippen LogP contribution in [-0.2, 0) is 0 Å². The van der Waals surface area contributed by atoms with Crippen molar-refractivity contribution in [2.45, 2.75) is 0 Å². The van der Waals surface area contributed by atoms with Crippen LogP contribution in [0.5, 0.6) is 0 Å². The van der Waals surface area contributed by atoms with E-state index in [-0.39, 0.29) is 0 Å². The molecule has 0 amide bonds. The number of rotatable bonds is 6. The zero-order valence-electron chi connectivity index (χ0n) is 32.4. The highest BCUT2D eigenvalue weighted by molar-refractivity contribution is 6.26. The van der Waals surface area contributed by atoms with Gasteiger partial charge >= 0.3 is 0 Å². The maximum Gasteiger partial charge on any atom is 0.164 e. The lowest BCUT2D eigenvalue weighted by atomic mass is 9.87. The van der Waals surface area contributed by atoms with Crippen molar-refractivity contribution in [1.82, 2.24) is 19.9 Å². The van der Waals surface area contributed by atoms with Crippen molar-refractivity contribution in [2.75, 3.05) is 0 Å². The van der Waals surface area contributed by atoms with Gasteiger partial charge in [0, 0.05) is 33.0 Å². The Morgan fingerprint density at radius 1 is 0.250 bits per heavy atom. The molecule has 0 atom stereocenters. The van der Waals surface area contributed by atoms with E-state index in [2.05, 4.69) is 170 Å². The average molecular weight is 763 g/mol. The Kier molecular flexibility index (Phi) is 7.82. The SMILES string of the molecule is c1ccc(-c2nc(-c3ccccc3)nc(-c3cc(-c4ccc(-c5nc6ccccc6c6ccccc56)cc4)cc(-c4cc5cccc6ccc7cccc4c7c65)c3)n2)cc1. The van der Waals surface area contributed by atoms with Gasteiger partial charge in [-0.15, -0.1) is 0 Å². The second-order valence-corrected chi connectivity index (χ2v) is 15.4. The largest absolute Gasteiger partial charge is 0.247 e. The minimum absolute atomic E-state index is 0.617. The molecule has 60 heavy (non-hydrogen) atoms. The van der Waals surface area contributed by atoms with Gasteiger partial charge in [-0.2, -0.15) is 0 Å². The molecule has 0 unspecified atom stereocenters. The van der Waals surface area contributed by atoms with Gasteiger partial charge in [-0.1, -0.05) is 176 Å². The maximum atomic E-state index is 5.19. The van der Waals surface area contributed by atoms with E-state index in [1.165, 1.54) is 43.3 Å². The number of aromatic nitrogens is 4. The monoisotopic (exact) mass is 762 g/mol. The summed E-state index contributed by atoms with van der Waals surface area (Å²) in [5.41, 5.74) is 10.2. The molecule has 278 valence electrons. The maximum absolute atomic E-state index is 5.19. The molecule has 0 aliphatic rings. The number of para-hydroxylation sites is 1. The van der Waals surface area contributed by atoms with Crippen molar-refractivity contribution < 1.29 is 0 Å². The molecule has 0 aliphatic heterocycles. The molecule has 0 fully saturated rings. The lowest BCUT2D eigenvalue weighted by Crippen LogP contribution is -2.00. The summed E-state index contributed by atoms with van der Waals surface area (Å²) in [6.45, 7) is 0. The molecular weight excluding hydrogens is 729 g/mol. The molecule has 0 N–H and O–H groups in total. The van der Waals surface area contributed by atoms with Crippen LogP contribution in [0.25, 0.3) is 122 Å². The zero-order chi connectivity index (χ0) is 39.6. The molecule has 2 aromatic heterocycles. The molecule has 4 heteroatoms. The molecule has 0 saturated heterocycles. The highest BCUT2D eigenvalue weighted by Gasteiger charge is 2.18. The van der Waals surface area contributed by atoms with E-state index < -0.39 is 0 Å². The summed E-state index contributed by atoms with van der Waals surface area (Å²) < 4.78 is 0. The van der Waals surface area contributed by atoms with Crippen molar-refractivity contribution in [3.63, 3.8) is 0 Å². The fourth-order valence-electron chi connectivity index (χ4n) is 8.96. The summed E-state index contributed by atoms with van der Waals surface area (Å²) in [6.07, 6.45) is 0. The predicted octanol–water partition coefficient (Wildman–Crippen LogP) is 14.5. The third-order valence-corrected chi connectivity index (χ3v) is 11.8. The Morgan fingerprint density at radius 2 is 0.767 bits per heavy atom. The van der Waals surface area contributed by atoms with Gasteiger partial charge in [-0.05, 0) is 90.3 Å². The number of hydrogen-bond acceptors (Lipinski definition) is 4. The molecule has 0 spiro atoms. The van der Waals surface area contributed by atoms with Gasteiger partial charge in [0.1, 0.15) is 0 Å². The Labute approximate surface area is 346 Å². The van der Waals surface area contributed by atoms with Gasteiger partial charge in [0.05, 0.1) is 11.2 Å². The van der Waals surface area contributed by atoms with Crippen LogP contribution in [0.15, 0.2) is 206 Å². The molecule has 12 rings (SSSR count). The molecule has 0 aliphatic carbocycles. The normalized spacial score (nSPS) is 11.7. The van der Waals surface area contributed by atoms with E-state index in [1.54, 1.807) is 0 Å². The summed E-state index contributed by atoms with van der Waals surface area (Å²) in [6, 6.07) is 73.0. The molecule has 0 bridgehead atoms. The third kappa shape index (κ3) is 5.69. The fourth-order valence-corrected chi connectivity index (χ4v) is 8.96. The molecule has 0 saturated carbocycles. The minimum atomic E-state index is 0.617. The molecule has 4 nitrogen and oxygen atoms in total. The van der Waals surface area contributed by atoms with Crippen LogP contribution in [0.2, 0.25) is 0 Å². The van der Waals surface area contributed by atoms with Crippen LogP contribution in [0.4, 0.5) is 0 Å². The number of pyridine rings is 1.